The van der Waals surface area contributed by atoms with Crippen LogP contribution >= 0.6 is 0 Å². The number of carbonyl (C=O) groups is 1. The monoisotopic (exact) mass is 332 g/mol. The Morgan fingerprint density at radius 1 is 1.38 bits per heavy atom. The summed E-state index contributed by atoms with van der Waals surface area (Å²) in [7, 11) is 1.72. The summed E-state index contributed by atoms with van der Waals surface area (Å²) in [6.45, 7) is 4.59. The Morgan fingerprint density at radius 3 is 2.83 bits per heavy atom. The molecule has 0 bridgehead atoms. The normalized spacial score (nSPS) is 23.1. The van der Waals surface area contributed by atoms with Gasteiger partial charge in [-0.3, -0.25) is 0 Å². The third-order valence-corrected chi connectivity index (χ3v) is 5.45. The number of urea groups is 1. The molecule has 1 heterocycles. The molecular formula is C19H28N2O3. The Kier molecular flexibility index (Phi) is 5.29. The van der Waals surface area contributed by atoms with Crippen LogP contribution in [0.4, 0.5) is 4.79 Å². The van der Waals surface area contributed by atoms with Crippen LogP contribution in [0, 0.1) is 0 Å². The molecule has 3 rings (SSSR count). The molecular weight excluding hydrogens is 304 g/mol. The van der Waals surface area contributed by atoms with Gasteiger partial charge < -0.3 is 19.7 Å². The van der Waals surface area contributed by atoms with Crippen LogP contribution in [0.1, 0.15) is 38.2 Å². The quantitative estimate of drug-likeness (QED) is 0.922. The molecule has 2 fully saturated rings. The molecule has 132 valence electrons. The SMILES string of the molecule is COc1ccccc1C1(CNC(=O)N2CCOC[C@H]2C)CCCC1. The molecule has 1 aromatic carbocycles. The number of carbonyl (C=O) groups excluding carboxylic acids is 1. The van der Waals surface area contributed by atoms with E-state index in [2.05, 4.69) is 17.4 Å². The molecule has 1 N–H and O–H groups in total. The zero-order valence-corrected chi connectivity index (χ0v) is 14.7. The maximum absolute atomic E-state index is 12.6. The second kappa shape index (κ2) is 7.43. The van der Waals surface area contributed by atoms with E-state index in [0.29, 0.717) is 26.3 Å². The molecule has 1 atom stereocenters. The number of nitrogens with one attached hydrogen (secondary N) is 1. The summed E-state index contributed by atoms with van der Waals surface area (Å²) in [4.78, 5) is 14.5. The third-order valence-electron chi connectivity index (χ3n) is 5.45. The van der Waals surface area contributed by atoms with Crippen molar-refractivity contribution in [2.75, 3.05) is 33.4 Å². The van der Waals surface area contributed by atoms with Gasteiger partial charge in [-0.2, -0.15) is 0 Å². The van der Waals surface area contributed by atoms with Gasteiger partial charge in [-0.1, -0.05) is 31.0 Å². The average Bonchev–Trinajstić information content (AvgIpc) is 3.10. The summed E-state index contributed by atoms with van der Waals surface area (Å²) in [5.74, 6) is 0.924. The number of benzene rings is 1. The predicted octanol–water partition coefficient (Wildman–Crippen LogP) is 2.94. The van der Waals surface area contributed by atoms with E-state index >= 15 is 0 Å². The number of rotatable bonds is 4. The number of amides is 2. The maximum Gasteiger partial charge on any atom is 0.317 e. The Hall–Kier alpha value is -1.75. The van der Waals surface area contributed by atoms with Gasteiger partial charge >= 0.3 is 6.03 Å². The topological polar surface area (TPSA) is 50.8 Å². The van der Waals surface area contributed by atoms with Gasteiger partial charge in [-0.15, -0.1) is 0 Å². The van der Waals surface area contributed by atoms with Crippen molar-refractivity contribution in [3.8, 4) is 5.75 Å². The van der Waals surface area contributed by atoms with Gasteiger partial charge in [0.2, 0.25) is 0 Å². The van der Waals surface area contributed by atoms with E-state index in [1.165, 1.54) is 18.4 Å². The molecule has 2 aliphatic rings. The average molecular weight is 332 g/mol. The molecule has 0 aromatic heterocycles. The second-order valence-corrected chi connectivity index (χ2v) is 6.96. The minimum atomic E-state index is -0.0161. The van der Waals surface area contributed by atoms with Gasteiger partial charge in [-0.05, 0) is 25.8 Å². The molecule has 1 aliphatic heterocycles. The van der Waals surface area contributed by atoms with Gasteiger partial charge in [0.05, 0.1) is 26.4 Å². The number of hydrogen-bond donors (Lipinski definition) is 1. The Morgan fingerprint density at radius 2 is 2.12 bits per heavy atom. The Balaban J connectivity index is 1.73. The summed E-state index contributed by atoms with van der Waals surface area (Å²) in [6.07, 6.45) is 4.57. The maximum atomic E-state index is 12.6. The van der Waals surface area contributed by atoms with E-state index in [0.717, 1.165) is 18.6 Å². The lowest BCUT2D eigenvalue weighted by molar-refractivity contribution is 0.0187. The minimum Gasteiger partial charge on any atom is -0.496 e. The van der Waals surface area contributed by atoms with Crippen LogP contribution < -0.4 is 10.1 Å². The van der Waals surface area contributed by atoms with Gasteiger partial charge in [-0.25, -0.2) is 4.79 Å². The van der Waals surface area contributed by atoms with E-state index in [1.54, 1.807) is 7.11 Å². The van der Waals surface area contributed by atoms with Gasteiger partial charge in [0, 0.05) is 24.1 Å². The first-order valence-electron chi connectivity index (χ1n) is 8.92. The zero-order chi connectivity index (χ0) is 17.0. The van der Waals surface area contributed by atoms with Gasteiger partial charge in [0.25, 0.3) is 0 Å². The van der Waals surface area contributed by atoms with Crippen molar-refractivity contribution in [2.24, 2.45) is 0 Å². The highest BCUT2D eigenvalue weighted by Gasteiger charge is 2.38. The summed E-state index contributed by atoms with van der Waals surface area (Å²) >= 11 is 0. The van der Waals surface area contributed by atoms with E-state index in [-0.39, 0.29) is 17.5 Å². The molecule has 1 aromatic rings. The highest BCUT2D eigenvalue weighted by Crippen LogP contribution is 2.44. The molecule has 5 nitrogen and oxygen atoms in total. The molecule has 0 unspecified atom stereocenters. The molecule has 2 amide bonds. The molecule has 0 spiro atoms. The molecule has 0 radical (unpaired) electrons. The number of ether oxygens (including phenoxy) is 2. The highest BCUT2D eigenvalue weighted by atomic mass is 16.5. The van der Waals surface area contributed by atoms with Crippen LogP contribution in [0.3, 0.4) is 0 Å². The third kappa shape index (κ3) is 3.36. The Labute approximate surface area is 144 Å². The lowest BCUT2D eigenvalue weighted by Gasteiger charge is -2.36. The van der Waals surface area contributed by atoms with Crippen LogP contribution in [0.15, 0.2) is 24.3 Å². The van der Waals surface area contributed by atoms with Crippen LogP contribution in [-0.2, 0) is 10.2 Å². The van der Waals surface area contributed by atoms with Crippen molar-refractivity contribution in [1.29, 1.82) is 0 Å². The van der Waals surface area contributed by atoms with Crippen molar-refractivity contribution in [3.05, 3.63) is 29.8 Å². The fourth-order valence-electron chi connectivity index (χ4n) is 4.05. The smallest absolute Gasteiger partial charge is 0.317 e. The first-order chi connectivity index (χ1) is 11.7. The van der Waals surface area contributed by atoms with E-state index < -0.39 is 0 Å². The van der Waals surface area contributed by atoms with Crippen molar-refractivity contribution < 1.29 is 14.3 Å². The van der Waals surface area contributed by atoms with Crippen molar-refractivity contribution in [1.82, 2.24) is 10.2 Å². The van der Waals surface area contributed by atoms with Gasteiger partial charge in [0.1, 0.15) is 5.75 Å². The summed E-state index contributed by atoms with van der Waals surface area (Å²) in [6, 6.07) is 8.37. The van der Waals surface area contributed by atoms with E-state index in [1.807, 2.05) is 24.0 Å². The van der Waals surface area contributed by atoms with Crippen molar-refractivity contribution >= 4 is 6.03 Å². The molecule has 1 aliphatic carbocycles. The highest BCUT2D eigenvalue weighted by molar-refractivity contribution is 5.74. The molecule has 5 heteroatoms. The lowest BCUT2D eigenvalue weighted by Crippen LogP contribution is -2.53. The summed E-state index contributed by atoms with van der Waals surface area (Å²) in [5, 5.41) is 3.19. The second-order valence-electron chi connectivity index (χ2n) is 6.96. The first-order valence-corrected chi connectivity index (χ1v) is 8.92. The number of para-hydroxylation sites is 1. The van der Waals surface area contributed by atoms with E-state index in [4.69, 9.17) is 9.47 Å². The predicted molar refractivity (Wildman–Crippen MR) is 93.5 cm³/mol. The van der Waals surface area contributed by atoms with Crippen LogP contribution in [0.25, 0.3) is 0 Å². The van der Waals surface area contributed by atoms with Crippen LogP contribution in [0.5, 0.6) is 5.75 Å². The first kappa shape index (κ1) is 17.1. The molecule has 1 saturated carbocycles. The van der Waals surface area contributed by atoms with Crippen molar-refractivity contribution in [2.45, 2.75) is 44.1 Å². The zero-order valence-electron chi connectivity index (χ0n) is 14.7. The van der Waals surface area contributed by atoms with E-state index in [9.17, 15) is 4.79 Å². The molecule has 1 saturated heterocycles. The van der Waals surface area contributed by atoms with Crippen LogP contribution in [0.2, 0.25) is 0 Å². The fourth-order valence-corrected chi connectivity index (χ4v) is 4.05. The number of hydrogen-bond acceptors (Lipinski definition) is 3. The summed E-state index contributed by atoms with van der Waals surface area (Å²) in [5.41, 5.74) is 1.21. The number of methoxy groups -OCH3 is 1. The number of morpholine rings is 1. The standard InChI is InChI=1S/C19H28N2O3/c1-15-13-24-12-11-21(15)18(22)20-14-19(9-5-6-10-19)16-7-3-4-8-17(16)23-2/h3-4,7-8,15H,5-6,9-14H2,1-2H3,(H,20,22)/t15-/m1/s1. The lowest BCUT2D eigenvalue weighted by atomic mass is 9.78. The fraction of sp³-hybridized carbons (Fsp3) is 0.632. The number of nitrogens with zero attached hydrogens (tertiary/aromatic N) is 1. The minimum absolute atomic E-state index is 0.0161. The van der Waals surface area contributed by atoms with Crippen molar-refractivity contribution in [3.63, 3.8) is 0 Å². The summed E-state index contributed by atoms with van der Waals surface area (Å²) < 4.78 is 11.0. The van der Waals surface area contributed by atoms with Gasteiger partial charge in [0.15, 0.2) is 0 Å². The van der Waals surface area contributed by atoms with Crippen LogP contribution in [-0.4, -0.2) is 50.4 Å². The molecule has 24 heavy (non-hydrogen) atoms. The largest absolute Gasteiger partial charge is 0.496 e. The Bertz CT molecular complexity index is 569.